The Hall–Kier alpha value is -2.55. The molecule has 0 amide bonds. The lowest BCUT2D eigenvalue weighted by atomic mass is 9.57. The van der Waals surface area contributed by atoms with Crippen LogP contribution in [0.5, 0.6) is 5.75 Å². The van der Waals surface area contributed by atoms with Gasteiger partial charge in [0.1, 0.15) is 23.3 Å². The number of carbonyl (C=O) groups is 1. The lowest BCUT2D eigenvalue weighted by Gasteiger charge is -2.51. The van der Waals surface area contributed by atoms with Crippen LogP contribution in [-0.2, 0) is 0 Å². The summed E-state index contributed by atoms with van der Waals surface area (Å²) in [6, 6.07) is 0.339. The van der Waals surface area contributed by atoms with Crippen LogP contribution in [0.3, 0.4) is 0 Å². The Bertz CT molecular complexity index is 1180. The van der Waals surface area contributed by atoms with E-state index in [9.17, 15) is 23.5 Å². The van der Waals surface area contributed by atoms with Crippen molar-refractivity contribution in [3.63, 3.8) is 0 Å². The summed E-state index contributed by atoms with van der Waals surface area (Å²) in [6.45, 7) is -0.587. The van der Waals surface area contributed by atoms with Crippen molar-refractivity contribution < 1.29 is 27.8 Å². The number of methoxy groups -OCH3 is 1. The lowest BCUT2D eigenvalue weighted by molar-refractivity contribution is 0.00541. The number of aromatic nitrogens is 1. The van der Waals surface area contributed by atoms with E-state index < -0.39 is 58.5 Å². The molecule has 0 bridgehead atoms. The van der Waals surface area contributed by atoms with Crippen LogP contribution in [0.4, 0.5) is 13.2 Å². The van der Waals surface area contributed by atoms with E-state index in [-0.39, 0.29) is 28.6 Å². The Labute approximate surface area is 175 Å². The number of hydrogen-bond acceptors (Lipinski definition) is 4. The van der Waals surface area contributed by atoms with E-state index in [0.717, 1.165) is 12.3 Å². The fraction of sp³-hybridized carbons (Fsp3) is 0.545. The van der Waals surface area contributed by atoms with Crippen molar-refractivity contribution in [1.82, 2.24) is 4.57 Å². The summed E-state index contributed by atoms with van der Waals surface area (Å²) < 4.78 is 50.2. The molecule has 0 aliphatic heterocycles. The molecule has 9 heteroatoms. The van der Waals surface area contributed by atoms with E-state index in [4.69, 9.17) is 10.5 Å². The van der Waals surface area contributed by atoms with E-state index >= 15 is 4.39 Å². The minimum atomic E-state index is -1.47. The molecule has 6 nitrogen and oxygen atoms in total. The summed E-state index contributed by atoms with van der Waals surface area (Å²) in [5.74, 6) is -2.56. The van der Waals surface area contributed by atoms with Crippen LogP contribution in [0.15, 0.2) is 17.1 Å². The van der Waals surface area contributed by atoms with Crippen LogP contribution in [-0.4, -0.2) is 41.1 Å². The van der Waals surface area contributed by atoms with Crippen LogP contribution >= 0.6 is 0 Å². The molecule has 31 heavy (non-hydrogen) atoms. The zero-order chi connectivity index (χ0) is 22.3. The van der Waals surface area contributed by atoms with Crippen molar-refractivity contribution in [2.24, 2.45) is 11.1 Å². The molecular formula is C22H23F3N2O4. The second kappa shape index (κ2) is 6.48. The predicted molar refractivity (Wildman–Crippen MR) is 107 cm³/mol. The Morgan fingerprint density at radius 1 is 1.39 bits per heavy atom. The smallest absolute Gasteiger partial charge is 0.341 e. The van der Waals surface area contributed by atoms with Gasteiger partial charge in [-0.3, -0.25) is 9.18 Å². The molecule has 1 aromatic heterocycles. The number of nitrogens with zero attached hydrogens (tertiary/aromatic N) is 1. The molecule has 5 atom stereocenters. The summed E-state index contributed by atoms with van der Waals surface area (Å²) in [5, 5.41) is 9.23. The summed E-state index contributed by atoms with van der Waals surface area (Å²) in [5.41, 5.74) is 3.97. The van der Waals surface area contributed by atoms with Crippen molar-refractivity contribution in [3.8, 4) is 5.75 Å². The van der Waals surface area contributed by atoms with E-state index in [0.29, 0.717) is 25.7 Å². The monoisotopic (exact) mass is 436 g/mol. The van der Waals surface area contributed by atoms with Crippen molar-refractivity contribution >= 4 is 16.9 Å². The zero-order valence-corrected chi connectivity index (χ0v) is 17.0. The maximum Gasteiger partial charge on any atom is 0.341 e. The maximum absolute atomic E-state index is 15.4. The number of carboxylic acids is 1. The quantitative estimate of drug-likeness (QED) is 0.749. The molecule has 0 radical (unpaired) electrons. The van der Waals surface area contributed by atoms with Crippen LogP contribution in [0, 0.1) is 11.2 Å². The lowest BCUT2D eigenvalue weighted by Crippen LogP contribution is -2.61. The van der Waals surface area contributed by atoms with E-state index in [1.165, 1.54) is 11.7 Å². The normalized spacial score (nSPS) is 33.8. The molecule has 3 N–H and O–H groups in total. The molecule has 5 rings (SSSR count). The van der Waals surface area contributed by atoms with Gasteiger partial charge in [0.05, 0.1) is 30.7 Å². The van der Waals surface area contributed by atoms with Gasteiger partial charge in [-0.25, -0.2) is 13.6 Å². The Kier molecular flexibility index (Phi) is 4.25. The third-order valence-corrected chi connectivity index (χ3v) is 7.75. The van der Waals surface area contributed by atoms with Crippen LogP contribution < -0.4 is 15.9 Å². The van der Waals surface area contributed by atoms with E-state index in [2.05, 4.69) is 0 Å². The highest BCUT2D eigenvalue weighted by Gasteiger charge is 2.63. The molecule has 2 aromatic rings. The molecule has 3 aliphatic rings. The Morgan fingerprint density at radius 3 is 2.58 bits per heavy atom. The average molecular weight is 436 g/mol. The minimum absolute atomic E-state index is 0.0621. The summed E-state index contributed by atoms with van der Waals surface area (Å²) >= 11 is 0. The number of fused-ring (bicyclic) bond motifs is 2. The molecule has 1 unspecified atom stereocenters. The fourth-order valence-electron chi connectivity index (χ4n) is 5.77. The standard InChI is InChI=1S/C22H23F3N2O4/c1-31-19-16(10-6-21(9-23)2-3-22(21,26)7-10)14(25)4-11-17(19)27(15-5-13(15)24)8-12(18(11)28)20(29)30/h4,8,10,13,15H,2-3,5-7,9,26H2,1H3,(H,29,30)/t10?,13-,15+,21-,22+/m0/s1. The van der Waals surface area contributed by atoms with E-state index in [1.54, 1.807) is 0 Å². The summed E-state index contributed by atoms with van der Waals surface area (Å²) in [6.07, 6.45) is 2.08. The number of rotatable bonds is 5. The number of alkyl halides is 2. The second-order valence-corrected chi connectivity index (χ2v) is 9.28. The Balaban J connectivity index is 1.77. The van der Waals surface area contributed by atoms with Crippen LogP contribution in [0.2, 0.25) is 0 Å². The first-order chi connectivity index (χ1) is 14.7. The highest BCUT2D eigenvalue weighted by atomic mass is 19.1. The zero-order valence-electron chi connectivity index (χ0n) is 17.0. The highest BCUT2D eigenvalue weighted by Crippen LogP contribution is 2.64. The first kappa shape index (κ1) is 20.4. The SMILES string of the molecule is COc1c(C2C[C@]3(N)CC[C@@]3(CF)C2)c(F)cc2c(=O)c(C(=O)O)cn([C@@H]3C[C@@H]3F)c12. The molecule has 1 aromatic carbocycles. The topological polar surface area (TPSA) is 94.6 Å². The van der Waals surface area contributed by atoms with Gasteiger partial charge in [0.2, 0.25) is 5.43 Å². The van der Waals surface area contributed by atoms with Gasteiger partial charge in [0.15, 0.2) is 0 Å². The molecular weight excluding hydrogens is 413 g/mol. The summed E-state index contributed by atoms with van der Waals surface area (Å²) in [7, 11) is 1.32. The van der Waals surface area contributed by atoms with Crippen LogP contribution in [0.1, 0.15) is 60.0 Å². The van der Waals surface area contributed by atoms with Crippen molar-refractivity contribution in [2.75, 3.05) is 13.8 Å². The van der Waals surface area contributed by atoms with Gasteiger partial charge in [-0.1, -0.05) is 0 Å². The van der Waals surface area contributed by atoms with Crippen molar-refractivity contribution in [3.05, 3.63) is 39.4 Å². The van der Waals surface area contributed by atoms with Gasteiger partial charge >= 0.3 is 5.97 Å². The molecule has 3 aliphatic carbocycles. The number of halogens is 3. The van der Waals surface area contributed by atoms with Crippen molar-refractivity contribution in [1.29, 1.82) is 0 Å². The highest BCUT2D eigenvalue weighted by molar-refractivity contribution is 5.95. The number of ether oxygens (including phenoxy) is 1. The predicted octanol–water partition coefficient (Wildman–Crippen LogP) is 3.45. The number of hydrogen-bond donors (Lipinski definition) is 2. The molecule has 3 fully saturated rings. The van der Waals surface area contributed by atoms with Gasteiger partial charge in [0, 0.05) is 29.1 Å². The van der Waals surface area contributed by atoms with Gasteiger partial charge in [-0.15, -0.1) is 0 Å². The molecule has 166 valence electrons. The van der Waals surface area contributed by atoms with Crippen molar-refractivity contribution in [2.45, 2.75) is 55.8 Å². The second-order valence-electron chi connectivity index (χ2n) is 9.28. The average Bonchev–Trinajstić information content (AvgIpc) is 3.41. The fourth-order valence-corrected chi connectivity index (χ4v) is 5.77. The number of benzene rings is 1. The van der Waals surface area contributed by atoms with Gasteiger partial charge in [-0.2, -0.15) is 0 Å². The third-order valence-electron chi connectivity index (χ3n) is 7.75. The van der Waals surface area contributed by atoms with Crippen LogP contribution in [0.25, 0.3) is 10.9 Å². The third kappa shape index (κ3) is 2.62. The first-order valence-corrected chi connectivity index (χ1v) is 10.3. The minimum Gasteiger partial charge on any atom is -0.494 e. The molecule has 0 saturated heterocycles. The largest absolute Gasteiger partial charge is 0.494 e. The number of aromatic carboxylic acids is 1. The number of pyridine rings is 1. The maximum atomic E-state index is 15.4. The van der Waals surface area contributed by atoms with Gasteiger partial charge in [0.25, 0.3) is 0 Å². The van der Waals surface area contributed by atoms with E-state index in [1.807, 2.05) is 0 Å². The molecule has 0 spiro atoms. The molecule has 3 saturated carbocycles. The van der Waals surface area contributed by atoms with Gasteiger partial charge in [-0.05, 0) is 37.7 Å². The summed E-state index contributed by atoms with van der Waals surface area (Å²) in [4.78, 5) is 24.3. The number of carboxylic acid groups (broad SMARTS) is 1. The first-order valence-electron chi connectivity index (χ1n) is 10.3. The Morgan fingerprint density at radius 2 is 2.10 bits per heavy atom. The van der Waals surface area contributed by atoms with Gasteiger partial charge < -0.3 is 20.1 Å². The number of nitrogens with two attached hydrogens (primary N) is 1. The molecule has 1 heterocycles.